The summed E-state index contributed by atoms with van der Waals surface area (Å²) in [6, 6.07) is 0. The minimum Gasteiger partial charge on any atom is -0.207 e. The number of halogens is 2. The van der Waals surface area contributed by atoms with Crippen LogP contribution in [0.4, 0.5) is 8.78 Å². The maximum absolute atomic E-state index is 12.2. The third-order valence-corrected chi connectivity index (χ3v) is 4.28. The Bertz CT molecular complexity index is 327. The minimum atomic E-state index is -3.90. The molecule has 1 aliphatic heterocycles. The predicted octanol–water partition coefficient (Wildman–Crippen LogP) is 1.93. The van der Waals surface area contributed by atoms with Gasteiger partial charge in [0, 0.05) is 13.1 Å². The molecule has 1 fully saturated rings. The van der Waals surface area contributed by atoms with Crippen molar-refractivity contribution in [2.45, 2.75) is 26.2 Å². The van der Waals surface area contributed by atoms with Crippen LogP contribution in [0.5, 0.6) is 0 Å². The Labute approximate surface area is 82.5 Å². The van der Waals surface area contributed by atoms with Gasteiger partial charge in [-0.15, -0.1) is 0 Å². The SMILES string of the molecule is CC(=C(F)F)S(=O)(=O)N1CCCCC1. The first-order valence-electron chi connectivity index (χ1n) is 4.48. The van der Waals surface area contributed by atoms with Crippen molar-refractivity contribution >= 4 is 10.0 Å². The Hall–Kier alpha value is -0.490. The monoisotopic (exact) mass is 225 g/mol. The molecule has 0 unspecified atom stereocenters. The van der Waals surface area contributed by atoms with Gasteiger partial charge >= 0.3 is 0 Å². The number of nitrogens with zero attached hydrogens (tertiary/aromatic N) is 1. The van der Waals surface area contributed by atoms with Crippen molar-refractivity contribution in [3.05, 3.63) is 11.0 Å². The van der Waals surface area contributed by atoms with Crippen LogP contribution in [-0.4, -0.2) is 25.8 Å². The van der Waals surface area contributed by atoms with Gasteiger partial charge in [-0.3, -0.25) is 0 Å². The third kappa shape index (κ3) is 2.30. The molecule has 14 heavy (non-hydrogen) atoms. The van der Waals surface area contributed by atoms with Crippen LogP contribution in [0.3, 0.4) is 0 Å². The summed E-state index contributed by atoms with van der Waals surface area (Å²) in [5.41, 5.74) is 0. The van der Waals surface area contributed by atoms with Gasteiger partial charge in [0.1, 0.15) is 4.91 Å². The molecule has 0 aliphatic carbocycles. The van der Waals surface area contributed by atoms with E-state index in [2.05, 4.69) is 0 Å². The van der Waals surface area contributed by atoms with E-state index in [1.807, 2.05) is 0 Å². The second kappa shape index (κ2) is 4.35. The van der Waals surface area contributed by atoms with E-state index in [9.17, 15) is 17.2 Å². The van der Waals surface area contributed by atoms with E-state index in [-0.39, 0.29) is 0 Å². The van der Waals surface area contributed by atoms with Gasteiger partial charge in [0.2, 0.25) is 10.0 Å². The van der Waals surface area contributed by atoms with Gasteiger partial charge in [0.25, 0.3) is 6.08 Å². The van der Waals surface area contributed by atoms with E-state index >= 15 is 0 Å². The van der Waals surface area contributed by atoms with Gasteiger partial charge in [-0.1, -0.05) is 6.42 Å². The summed E-state index contributed by atoms with van der Waals surface area (Å²) < 4.78 is 48.5. The topological polar surface area (TPSA) is 37.4 Å². The molecule has 0 aromatic carbocycles. The molecule has 0 aromatic heterocycles. The van der Waals surface area contributed by atoms with Crippen molar-refractivity contribution in [2.24, 2.45) is 0 Å². The maximum atomic E-state index is 12.2. The molecule has 0 amide bonds. The Morgan fingerprint density at radius 3 is 2.07 bits per heavy atom. The van der Waals surface area contributed by atoms with Crippen molar-refractivity contribution in [1.29, 1.82) is 0 Å². The van der Waals surface area contributed by atoms with E-state index in [0.29, 0.717) is 13.1 Å². The fraction of sp³-hybridized carbons (Fsp3) is 0.750. The van der Waals surface area contributed by atoms with Gasteiger partial charge in [0.15, 0.2) is 0 Å². The summed E-state index contributed by atoms with van der Waals surface area (Å²) in [5.74, 6) is 0. The highest BCUT2D eigenvalue weighted by molar-refractivity contribution is 7.93. The maximum Gasteiger partial charge on any atom is 0.285 e. The van der Waals surface area contributed by atoms with Gasteiger partial charge in [-0.05, 0) is 19.8 Å². The van der Waals surface area contributed by atoms with E-state index in [4.69, 9.17) is 0 Å². The number of hydrogen-bond donors (Lipinski definition) is 0. The average molecular weight is 225 g/mol. The van der Waals surface area contributed by atoms with Crippen LogP contribution >= 0.6 is 0 Å². The lowest BCUT2D eigenvalue weighted by Gasteiger charge is -2.25. The summed E-state index contributed by atoms with van der Waals surface area (Å²) in [4.78, 5) is -0.820. The fourth-order valence-electron chi connectivity index (χ4n) is 1.40. The van der Waals surface area contributed by atoms with Gasteiger partial charge < -0.3 is 0 Å². The van der Waals surface area contributed by atoms with Crippen molar-refractivity contribution in [1.82, 2.24) is 4.31 Å². The van der Waals surface area contributed by atoms with Gasteiger partial charge in [-0.25, -0.2) is 8.42 Å². The quantitative estimate of drug-likeness (QED) is 0.720. The summed E-state index contributed by atoms with van der Waals surface area (Å²) in [6.45, 7) is 1.65. The first-order chi connectivity index (χ1) is 6.46. The molecular weight excluding hydrogens is 212 g/mol. The molecule has 1 saturated heterocycles. The van der Waals surface area contributed by atoms with Crippen LogP contribution in [0.25, 0.3) is 0 Å². The smallest absolute Gasteiger partial charge is 0.207 e. The second-order valence-corrected chi connectivity index (χ2v) is 5.36. The summed E-state index contributed by atoms with van der Waals surface area (Å²) in [5, 5.41) is 0. The van der Waals surface area contributed by atoms with Crippen molar-refractivity contribution in [3.63, 3.8) is 0 Å². The standard InChI is InChI=1S/C8H13F2NO2S/c1-7(8(9)10)14(12,13)11-5-3-2-4-6-11/h2-6H2,1H3. The molecule has 0 N–H and O–H groups in total. The molecule has 0 aromatic rings. The second-order valence-electron chi connectivity index (χ2n) is 3.28. The first kappa shape index (κ1) is 11.6. The molecular formula is C8H13F2NO2S. The highest BCUT2D eigenvalue weighted by Crippen LogP contribution is 2.22. The zero-order chi connectivity index (χ0) is 10.8. The van der Waals surface area contributed by atoms with E-state index in [0.717, 1.165) is 30.5 Å². The van der Waals surface area contributed by atoms with E-state index in [1.165, 1.54) is 0 Å². The molecule has 1 heterocycles. The molecule has 0 spiro atoms. The molecule has 0 saturated carbocycles. The van der Waals surface area contributed by atoms with Gasteiger partial charge in [-0.2, -0.15) is 13.1 Å². The van der Waals surface area contributed by atoms with Crippen LogP contribution in [0.15, 0.2) is 11.0 Å². The highest BCUT2D eigenvalue weighted by Gasteiger charge is 2.28. The zero-order valence-corrected chi connectivity index (χ0v) is 8.78. The third-order valence-electron chi connectivity index (χ3n) is 2.31. The fourth-order valence-corrected chi connectivity index (χ4v) is 2.72. The highest BCUT2D eigenvalue weighted by atomic mass is 32.2. The Kier molecular flexibility index (Phi) is 3.60. The lowest BCUT2D eigenvalue weighted by Crippen LogP contribution is -2.36. The van der Waals surface area contributed by atoms with Crippen molar-refractivity contribution in [3.8, 4) is 0 Å². The molecule has 0 bridgehead atoms. The van der Waals surface area contributed by atoms with Crippen molar-refractivity contribution < 1.29 is 17.2 Å². The lowest BCUT2D eigenvalue weighted by molar-refractivity contribution is 0.346. The number of allylic oxidation sites excluding steroid dienone is 1. The van der Waals surface area contributed by atoms with Gasteiger partial charge in [0.05, 0.1) is 0 Å². The number of piperidine rings is 1. The van der Waals surface area contributed by atoms with Crippen LogP contribution in [-0.2, 0) is 10.0 Å². The number of rotatable bonds is 2. The Balaban J connectivity index is 2.89. The lowest BCUT2D eigenvalue weighted by atomic mass is 10.2. The average Bonchev–Trinajstić information content (AvgIpc) is 2.18. The first-order valence-corrected chi connectivity index (χ1v) is 5.92. The molecule has 1 aliphatic rings. The zero-order valence-electron chi connectivity index (χ0n) is 7.96. The molecule has 1 rings (SSSR count). The van der Waals surface area contributed by atoms with Crippen LogP contribution in [0.1, 0.15) is 26.2 Å². The largest absolute Gasteiger partial charge is 0.285 e. The summed E-state index contributed by atoms with van der Waals surface area (Å²) in [6.07, 6.45) is 0.351. The van der Waals surface area contributed by atoms with E-state index in [1.54, 1.807) is 0 Å². The summed E-state index contributed by atoms with van der Waals surface area (Å²) in [7, 11) is -3.90. The number of sulfonamides is 1. The van der Waals surface area contributed by atoms with Crippen LogP contribution in [0.2, 0.25) is 0 Å². The molecule has 0 atom stereocenters. The Morgan fingerprint density at radius 1 is 1.14 bits per heavy atom. The normalized spacial score (nSPS) is 19.4. The van der Waals surface area contributed by atoms with Crippen LogP contribution in [0, 0.1) is 0 Å². The van der Waals surface area contributed by atoms with E-state index < -0.39 is 21.0 Å². The number of hydrogen-bond acceptors (Lipinski definition) is 2. The van der Waals surface area contributed by atoms with Crippen LogP contribution < -0.4 is 0 Å². The predicted molar refractivity (Wildman–Crippen MR) is 49.3 cm³/mol. The molecule has 82 valence electrons. The Morgan fingerprint density at radius 2 is 1.64 bits per heavy atom. The van der Waals surface area contributed by atoms with Crippen molar-refractivity contribution in [2.75, 3.05) is 13.1 Å². The molecule has 3 nitrogen and oxygen atoms in total. The minimum absolute atomic E-state index is 0.354. The molecule has 0 radical (unpaired) electrons. The summed E-state index contributed by atoms with van der Waals surface area (Å²) >= 11 is 0. The molecule has 6 heteroatoms.